The molecule has 0 unspecified atom stereocenters. The van der Waals surface area contributed by atoms with Gasteiger partial charge in [-0.15, -0.1) is 0 Å². The highest BCUT2D eigenvalue weighted by molar-refractivity contribution is 14.1. The zero-order valence-electron chi connectivity index (χ0n) is 13.9. The van der Waals surface area contributed by atoms with Crippen molar-refractivity contribution >= 4 is 28.5 Å². The lowest BCUT2D eigenvalue weighted by atomic mass is 9.89. The molecule has 1 aliphatic heterocycles. The van der Waals surface area contributed by atoms with Crippen molar-refractivity contribution in [3.63, 3.8) is 0 Å². The van der Waals surface area contributed by atoms with Crippen LogP contribution < -0.4 is 14.8 Å². The zero-order chi connectivity index (χ0) is 17.3. The lowest BCUT2D eigenvalue weighted by Gasteiger charge is -2.38. The van der Waals surface area contributed by atoms with Crippen molar-refractivity contribution < 1.29 is 14.3 Å². The fraction of sp³-hybridized carbons (Fsp3) is 0.316. The number of methoxy groups -OCH3 is 1. The van der Waals surface area contributed by atoms with Crippen LogP contribution in [-0.2, 0) is 0 Å². The maximum Gasteiger partial charge on any atom is 0.251 e. The van der Waals surface area contributed by atoms with Crippen LogP contribution in [0.1, 0.15) is 42.2 Å². The number of benzene rings is 2. The number of nitrogens with one attached hydrogen (secondary N) is 1. The van der Waals surface area contributed by atoms with E-state index in [9.17, 15) is 4.79 Å². The van der Waals surface area contributed by atoms with Crippen LogP contribution in [0.3, 0.4) is 0 Å². The highest BCUT2D eigenvalue weighted by Crippen LogP contribution is 2.41. The van der Waals surface area contributed by atoms with Crippen molar-refractivity contribution in [2.45, 2.75) is 31.9 Å². The molecule has 1 aliphatic rings. The molecule has 3 rings (SSSR count). The largest absolute Gasteiger partial charge is 0.497 e. The van der Waals surface area contributed by atoms with Crippen molar-refractivity contribution in [3.05, 3.63) is 57.2 Å². The van der Waals surface area contributed by atoms with Gasteiger partial charge in [-0.1, -0.05) is 0 Å². The van der Waals surface area contributed by atoms with Crippen LogP contribution in [0.15, 0.2) is 42.5 Å². The van der Waals surface area contributed by atoms with Crippen LogP contribution >= 0.6 is 22.6 Å². The van der Waals surface area contributed by atoms with Gasteiger partial charge in [-0.2, -0.15) is 0 Å². The summed E-state index contributed by atoms with van der Waals surface area (Å²) in [5.41, 5.74) is 1.27. The minimum absolute atomic E-state index is 0.0807. The zero-order valence-corrected chi connectivity index (χ0v) is 16.1. The molecule has 5 heteroatoms. The highest BCUT2D eigenvalue weighted by atomic mass is 127. The molecule has 0 saturated heterocycles. The molecule has 0 saturated carbocycles. The Balaban J connectivity index is 1.89. The number of halogens is 1. The van der Waals surface area contributed by atoms with Crippen LogP contribution in [0.25, 0.3) is 0 Å². The number of carbonyl (C=O) groups excluding carboxylic acids is 1. The van der Waals surface area contributed by atoms with Crippen molar-refractivity contribution in [2.75, 3.05) is 7.11 Å². The highest BCUT2D eigenvalue weighted by Gasteiger charge is 2.35. The van der Waals surface area contributed by atoms with Gasteiger partial charge >= 0.3 is 0 Å². The molecule has 1 heterocycles. The molecule has 0 bridgehead atoms. The van der Waals surface area contributed by atoms with Crippen molar-refractivity contribution in [3.8, 4) is 11.5 Å². The first-order valence-corrected chi connectivity index (χ1v) is 8.89. The maximum absolute atomic E-state index is 12.6. The van der Waals surface area contributed by atoms with Gasteiger partial charge in [0.1, 0.15) is 17.1 Å². The summed E-state index contributed by atoms with van der Waals surface area (Å²) in [6.45, 7) is 4.06. The van der Waals surface area contributed by atoms with Crippen LogP contribution in [-0.4, -0.2) is 18.6 Å². The number of hydrogen-bond acceptors (Lipinski definition) is 3. The summed E-state index contributed by atoms with van der Waals surface area (Å²) in [7, 11) is 1.63. The predicted octanol–water partition coefficient (Wildman–Crippen LogP) is 4.33. The van der Waals surface area contributed by atoms with E-state index >= 15 is 0 Å². The first-order valence-electron chi connectivity index (χ1n) is 7.81. The lowest BCUT2D eigenvalue weighted by Crippen LogP contribution is -2.41. The quantitative estimate of drug-likeness (QED) is 0.728. The van der Waals surface area contributed by atoms with Gasteiger partial charge in [0.25, 0.3) is 5.91 Å². The van der Waals surface area contributed by atoms with Gasteiger partial charge in [-0.25, -0.2) is 0 Å². The molecule has 2 aromatic carbocycles. The Hall–Kier alpha value is -1.76. The molecular formula is C19H20INO3. The van der Waals surface area contributed by atoms with E-state index < -0.39 is 0 Å². The Bertz CT molecular complexity index is 756. The van der Waals surface area contributed by atoms with Gasteiger partial charge in [0, 0.05) is 21.1 Å². The second-order valence-electron chi connectivity index (χ2n) is 6.50. The minimum Gasteiger partial charge on any atom is -0.497 e. The molecule has 1 N–H and O–H groups in total. The standard InChI is InChI=1S/C19H20INO3/c1-19(2)11-16(15-10-14(23-3)8-9-17(15)24-19)21-18(22)12-4-6-13(20)7-5-12/h4-10,16H,11H2,1-3H3,(H,21,22)/t16-/m1/s1. The van der Waals surface area contributed by atoms with Gasteiger partial charge in [0.05, 0.1) is 13.2 Å². The lowest BCUT2D eigenvalue weighted by molar-refractivity contribution is 0.0618. The number of rotatable bonds is 3. The Labute approximate surface area is 155 Å². The van der Waals surface area contributed by atoms with Crippen LogP contribution in [0.5, 0.6) is 11.5 Å². The summed E-state index contributed by atoms with van der Waals surface area (Å²) in [4.78, 5) is 12.6. The molecule has 126 valence electrons. The van der Waals surface area contributed by atoms with E-state index in [1.165, 1.54) is 0 Å². The third-order valence-corrected chi connectivity index (χ3v) is 4.81. The summed E-state index contributed by atoms with van der Waals surface area (Å²) in [6.07, 6.45) is 0.698. The summed E-state index contributed by atoms with van der Waals surface area (Å²) in [5, 5.41) is 3.14. The van der Waals surface area contributed by atoms with E-state index in [2.05, 4.69) is 27.9 Å². The topological polar surface area (TPSA) is 47.6 Å². The first kappa shape index (κ1) is 17.1. The van der Waals surface area contributed by atoms with Gasteiger partial charge in [-0.3, -0.25) is 4.79 Å². The smallest absolute Gasteiger partial charge is 0.251 e. The summed E-state index contributed by atoms with van der Waals surface area (Å²) in [6, 6.07) is 13.1. The van der Waals surface area contributed by atoms with Crippen molar-refractivity contribution in [1.82, 2.24) is 5.32 Å². The Morgan fingerprint density at radius 3 is 2.62 bits per heavy atom. The Morgan fingerprint density at radius 1 is 1.25 bits per heavy atom. The molecule has 1 atom stereocenters. The van der Waals surface area contributed by atoms with E-state index in [0.717, 1.165) is 20.6 Å². The molecule has 2 aromatic rings. The molecule has 0 spiro atoms. The Morgan fingerprint density at radius 2 is 1.96 bits per heavy atom. The maximum atomic E-state index is 12.6. The van der Waals surface area contributed by atoms with E-state index in [4.69, 9.17) is 9.47 Å². The van der Waals surface area contributed by atoms with Crippen LogP contribution in [0, 0.1) is 3.57 Å². The monoisotopic (exact) mass is 437 g/mol. The minimum atomic E-state index is -0.342. The molecule has 24 heavy (non-hydrogen) atoms. The molecular weight excluding hydrogens is 417 g/mol. The van der Waals surface area contributed by atoms with Gasteiger partial charge < -0.3 is 14.8 Å². The van der Waals surface area contributed by atoms with E-state index in [-0.39, 0.29) is 17.6 Å². The normalized spacial score (nSPS) is 18.2. The molecule has 0 radical (unpaired) electrons. The van der Waals surface area contributed by atoms with E-state index in [1.807, 2.05) is 56.3 Å². The van der Waals surface area contributed by atoms with E-state index in [1.54, 1.807) is 7.11 Å². The van der Waals surface area contributed by atoms with Gasteiger partial charge in [-0.05, 0) is 78.9 Å². The molecule has 0 aliphatic carbocycles. The number of hydrogen-bond donors (Lipinski definition) is 1. The van der Waals surface area contributed by atoms with Crippen LogP contribution in [0.4, 0.5) is 0 Å². The second kappa shape index (κ2) is 6.63. The fourth-order valence-electron chi connectivity index (χ4n) is 2.93. The van der Waals surface area contributed by atoms with Gasteiger partial charge in [0.15, 0.2) is 0 Å². The SMILES string of the molecule is COc1ccc2c(c1)[C@H](NC(=O)c1ccc(I)cc1)CC(C)(C)O2. The molecule has 1 amide bonds. The van der Waals surface area contributed by atoms with Crippen LogP contribution in [0.2, 0.25) is 0 Å². The average Bonchev–Trinajstić information content (AvgIpc) is 2.54. The third kappa shape index (κ3) is 3.66. The second-order valence-corrected chi connectivity index (χ2v) is 7.75. The number of fused-ring (bicyclic) bond motifs is 1. The number of ether oxygens (including phenoxy) is 2. The molecule has 0 fully saturated rings. The first-order chi connectivity index (χ1) is 11.4. The summed E-state index contributed by atoms with van der Waals surface area (Å²) in [5.74, 6) is 1.47. The Kier molecular flexibility index (Phi) is 4.71. The number of carbonyl (C=O) groups is 1. The molecule has 4 nitrogen and oxygen atoms in total. The van der Waals surface area contributed by atoms with Gasteiger partial charge in [0.2, 0.25) is 0 Å². The number of amides is 1. The predicted molar refractivity (Wildman–Crippen MR) is 102 cm³/mol. The van der Waals surface area contributed by atoms with Crippen molar-refractivity contribution in [2.24, 2.45) is 0 Å². The van der Waals surface area contributed by atoms with Crippen molar-refractivity contribution in [1.29, 1.82) is 0 Å². The average molecular weight is 437 g/mol. The fourth-order valence-corrected chi connectivity index (χ4v) is 3.29. The molecule has 0 aromatic heterocycles. The third-order valence-electron chi connectivity index (χ3n) is 4.09. The summed E-state index contributed by atoms with van der Waals surface area (Å²) < 4.78 is 12.5. The summed E-state index contributed by atoms with van der Waals surface area (Å²) >= 11 is 2.23. The van der Waals surface area contributed by atoms with E-state index in [0.29, 0.717) is 12.0 Å².